The summed E-state index contributed by atoms with van der Waals surface area (Å²) in [5.74, 6) is 0.741. The number of rotatable bonds is 4. The van der Waals surface area contributed by atoms with E-state index in [2.05, 4.69) is 22.6 Å². The Balaban J connectivity index is 2.19. The molecule has 0 aliphatic rings. The van der Waals surface area contributed by atoms with Crippen molar-refractivity contribution in [2.24, 2.45) is 0 Å². The van der Waals surface area contributed by atoms with Gasteiger partial charge in [-0.1, -0.05) is 29.8 Å². The number of amides is 1. The lowest BCUT2D eigenvalue weighted by Crippen LogP contribution is -2.27. The van der Waals surface area contributed by atoms with Crippen LogP contribution in [0, 0.1) is 3.57 Å². The lowest BCUT2D eigenvalue weighted by molar-refractivity contribution is 0.0783. The fourth-order valence-electron chi connectivity index (χ4n) is 2.03. The van der Waals surface area contributed by atoms with Crippen molar-refractivity contribution in [2.75, 3.05) is 14.2 Å². The van der Waals surface area contributed by atoms with Gasteiger partial charge in [-0.3, -0.25) is 4.79 Å². The molecule has 0 saturated heterocycles. The number of benzene rings is 2. The highest BCUT2D eigenvalue weighted by molar-refractivity contribution is 14.1. The number of nitrogens with zero attached hydrogens (tertiary/aromatic N) is 1. The quantitative estimate of drug-likeness (QED) is 0.700. The third-order valence-corrected chi connectivity index (χ3v) is 4.24. The molecule has 2 rings (SSSR count). The van der Waals surface area contributed by atoms with E-state index in [0.717, 1.165) is 14.9 Å². The van der Waals surface area contributed by atoms with Crippen molar-refractivity contribution < 1.29 is 9.53 Å². The first-order valence-electron chi connectivity index (χ1n) is 6.35. The number of halogens is 2. The fourth-order valence-corrected chi connectivity index (χ4v) is 3.13. The Hall–Kier alpha value is -1.27. The second-order valence-electron chi connectivity index (χ2n) is 4.60. The van der Waals surface area contributed by atoms with Gasteiger partial charge in [0, 0.05) is 27.7 Å². The molecule has 0 spiro atoms. The van der Waals surface area contributed by atoms with E-state index in [1.165, 1.54) is 0 Å². The molecule has 0 heterocycles. The summed E-state index contributed by atoms with van der Waals surface area (Å²) in [6.45, 7) is 0.488. The number of carbonyl (C=O) groups is 1. The van der Waals surface area contributed by atoms with Crippen molar-refractivity contribution in [3.05, 3.63) is 62.2 Å². The molecular formula is C16H15ClINO2. The third kappa shape index (κ3) is 3.89. The standard InChI is InChI=1S/C16H15ClINO2/c1-19(10-11-5-3-4-6-15(11)21-2)16(20)13-8-7-12(17)9-14(13)18/h3-9H,10H2,1-2H3. The average Bonchev–Trinajstić information content (AvgIpc) is 2.47. The number of para-hydroxylation sites is 1. The van der Waals surface area contributed by atoms with E-state index < -0.39 is 0 Å². The van der Waals surface area contributed by atoms with Crippen LogP contribution >= 0.6 is 34.2 Å². The highest BCUT2D eigenvalue weighted by Crippen LogP contribution is 2.22. The van der Waals surface area contributed by atoms with Crippen LogP contribution in [0.25, 0.3) is 0 Å². The Morgan fingerprint density at radius 2 is 2.00 bits per heavy atom. The molecule has 3 nitrogen and oxygen atoms in total. The molecule has 2 aromatic carbocycles. The van der Waals surface area contributed by atoms with Crippen LogP contribution < -0.4 is 4.74 Å². The number of hydrogen-bond acceptors (Lipinski definition) is 2. The first-order valence-corrected chi connectivity index (χ1v) is 7.81. The predicted molar refractivity (Wildman–Crippen MR) is 93.0 cm³/mol. The zero-order chi connectivity index (χ0) is 15.4. The van der Waals surface area contributed by atoms with Gasteiger partial charge in [0.15, 0.2) is 0 Å². The van der Waals surface area contributed by atoms with Gasteiger partial charge in [0.25, 0.3) is 5.91 Å². The summed E-state index contributed by atoms with van der Waals surface area (Å²) in [7, 11) is 3.41. The van der Waals surface area contributed by atoms with Crippen LogP contribution in [0.3, 0.4) is 0 Å². The van der Waals surface area contributed by atoms with Crippen LogP contribution in [-0.2, 0) is 6.54 Å². The normalized spacial score (nSPS) is 10.3. The molecule has 0 bridgehead atoms. The second kappa shape index (κ2) is 7.13. The molecule has 0 N–H and O–H groups in total. The Morgan fingerprint density at radius 3 is 2.67 bits per heavy atom. The molecule has 0 atom stereocenters. The number of hydrogen-bond donors (Lipinski definition) is 0. The molecular weight excluding hydrogens is 401 g/mol. The molecule has 0 fully saturated rings. The Morgan fingerprint density at radius 1 is 1.29 bits per heavy atom. The van der Waals surface area contributed by atoms with Crippen molar-refractivity contribution in [2.45, 2.75) is 6.54 Å². The largest absolute Gasteiger partial charge is 0.496 e. The summed E-state index contributed by atoms with van der Waals surface area (Å²) in [4.78, 5) is 14.2. The summed E-state index contributed by atoms with van der Waals surface area (Å²) < 4.78 is 6.16. The van der Waals surface area contributed by atoms with Gasteiger partial charge in [0.1, 0.15) is 5.75 Å². The highest BCUT2D eigenvalue weighted by Gasteiger charge is 2.16. The van der Waals surface area contributed by atoms with Gasteiger partial charge < -0.3 is 9.64 Å². The van der Waals surface area contributed by atoms with Crippen LogP contribution in [-0.4, -0.2) is 25.0 Å². The van der Waals surface area contributed by atoms with Crippen molar-refractivity contribution in [1.82, 2.24) is 4.90 Å². The minimum absolute atomic E-state index is 0.0398. The molecule has 2 aromatic rings. The first-order chi connectivity index (χ1) is 10.0. The fraction of sp³-hybridized carbons (Fsp3) is 0.188. The molecule has 0 aromatic heterocycles. The van der Waals surface area contributed by atoms with Crippen LogP contribution in [0.5, 0.6) is 5.75 Å². The Bertz CT molecular complexity index is 660. The van der Waals surface area contributed by atoms with Crippen molar-refractivity contribution >= 4 is 40.1 Å². The van der Waals surface area contributed by atoms with Gasteiger partial charge in [-0.2, -0.15) is 0 Å². The molecule has 0 radical (unpaired) electrons. The van der Waals surface area contributed by atoms with Crippen molar-refractivity contribution in [3.8, 4) is 5.75 Å². The number of carbonyl (C=O) groups excluding carboxylic acids is 1. The molecule has 110 valence electrons. The summed E-state index contributed by atoms with van der Waals surface area (Å²) in [5.41, 5.74) is 1.62. The summed E-state index contributed by atoms with van der Waals surface area (Å²) in [6.07, 6.45) is 0. The van der Waals surface area contributed by atoms with Crippen molar-refractivity contribution in [1.29, 1.82) is 0 Å². The van der Waals surface area contributed by atoms with Gasteiger partial charge in [0.05, 0.1) is 12.7 Å². The maximum Gasteiger partial charge on any atom is 0.254 e. The second-order valence-corrected chi connectivity index (χ2v) is 6.20. The van der Waals surface area contributed by atoms with E-state index in [9.17, 15) is 4.79 Å². The van der Waals surface area contributed by atoms with Gasteiger partial charge in [0.2, 0.25) is 0 Å². The maximum absolute atomic E-state index is 12.5. The average molecular weight is 416 g/mol. The minimum atomic E-state index is -0.0398. The van der Waals surface area contributed by atoms with E-state index in [4.69, 9.17) is 16.3 Å². The third-order valence-electron chi connectivity index (χ3n) is 3.11. The predicted octanol–water partition coefficient (Wildman–Crippen LogP) is 4.23. The van der Waals surface area contributed by atoms with Crippen LogP contribution in [0.2, 0.25) is 5.02 Å². The molecule has 5 heteroatoms. The van der Waals surface area contributed by atoms with Crippen LogP contribution in [0.15, 0.2) is 42.5 Å². The molecule has 0 saturated carbocycles. The van der Waals surface area contributed by atoms with Gasteiger partial charge in [-0.25, -0.2) is 0 Å². The van der Waals surface area contributed by atoms with E-state index in [0.29, 0.717) is 17.1 Å². The molecule has 1 amide bonds. The Kier molecular flexibility index (Phi) is 5.47. The van der Waals surface area contributed by atoms with Gasteiger partial charge in [-0.05, 0) is 46.9 Å². The van der Waals surface area contributed by atoms with Crippen LogP contribution in [0.1, 0.15) is 15.9 Å². The summed E-state index contributed by atoms with van der Waals surface area (Å²) >= 11 is 8.05. The smallest absolute Gasteiger partial charge is 0.254 e. The van der Waals surface area contributed by atoms with E-state index in [1.807, 2.05) is 24.3 Å². The zero-order valence-electron chi connectivity index (χ0n) is 11.8. The minimum Gasteiger partial charge on any atom is -0.496 e. The van der Waals surface area contributed by atoms with Gasteiger partial charge in [-0.15, -0.1) is 0 Å². The molecule has 0 aliphatic carbocycles. The first kappa shape index (κ1) is 16.1. The zero-order valence-corrected chi connectivity index (χ0v) is 14.7. The molecule has 0 aliphatic heterocycles. The highest BCUT2D eigenvalue weighted by atomic mass is 127. The maximum atomic E-state index is 12.5. The number of ether oxygens (including phenoxy) is 1. The number of methoxy groups -OCH3 is 1. The van der Waals surface area contributed by atoms with E-state index in [-0.39, 0.29) is 5.91 Å². The lowest BCUT2D eigenvalue weighted by Gasteiger charge is -2.19. The summed E-state index contributed by atoms with van der Waals surface area (Å²) in [5, 5.41) is 0.628. The van der Waals surface area contributed by atoms with Crippen molar-refractivity contribution in [3.63, 3.8) is 0 Å². The van der Waals surface area contributed by atoms with E-state index >= 15 is 0 Å². The monoisotopic (exact) mass is 415 g/mol. The van der Waals surface area contributed by atoms with Crippen LogP contribution in [0.4, 0.5) is 0 Å². The topological polar surface area (TPSA) is 29.5 Å². The van der Waals surface area contributed by atoms with E-state index in [1.54, 1.807) is 37.3 Å². The van der Waals surface area contributed by atoms with Gasteiger partial charge >= 0.3 is 0 Å². The molecule has 21 heavy (non-hydrogen) atoms. The lowest BCUT2D eigenvalue weighted by atomic mass is 10.1. The summed E-state index contributed by atoms with van der Waals surface area (Å²) in [6, 6.07) is 13.0. The Labute approximate surface area is 143 Å². The SMILES string of the molecule is COc1ccccc1CN(C)C(=O)c1ccc(Cl)cc1I. The molecule has 0 unspecified atom stereocenters.